The molecule has 0 saturated heterocycles. The Balaban J connectivity index is 2.21. The Kier molecular flexibility index (Phi) is 2.41. The zero-order valence-corrected chi connectivity index (χ0v) is 9.61. The standard InChI is InChI=1S/C11H9N5S/c12-15-11-16-13-6-8-5-7-3-1-2-4-9(7)14-10(8)17-11/h1-6H,12H2,(H,15,16). The van der Waals surface area contributed by atoms with Gasteiger partial charge >= 0.3 is 0 Å². The molecule has 0 bridgehead atoms. The molecule has 1 aliphatic heterocycles. The Morgan fingerprint density at radius 2 is 2.18 bits per heavy atom. The molecule has 0 spiro atoms. The molecule has 84 valence electrons. The molecule has 0 fully saturated rings. The van der Waals surface area contributed by atoms with Crippen LogP contribution in [-0.4, -0.2) is 16.4 Å². The van der Waals surface area contributed by atoms with Crippen LogP contribution in [0.4, 0.5) is 0 Å². The molecule has 1 aliphatic rings. The van der Waals surface area contributed by atoms with Crippen molar-refractivity contribution in [1.29, 1.82) is 0 Å². The van der Waals surface area contributed by atoms with Gasteiger partial charge in [-0.15, -0.1) is 0 Å². The number of pyridine rings is 1. The summed E-state index contributed by atoms with van der Waals surface area (Å²) in [7, 11) is 0. The molecular formula is C11H9N5S. The van der Waals surface area contributed by atoms with E-state index in [1.807, 2.05) is 24.3 Å². The minimum Gasteiger partial charge on any atom is -0.321 e. The van der Waals surface area contributed by atoms with Crippen molar-refractivity contribution in [3.8, 4) is 0 Å². The van der Waals surface area contributed by atoms with Gasteiger partial charge in [-0.3, -0.25) is 5.43 Å². The summed E-state index contributed by atoms with van der Waals surface area (Å²) in [4.78, 5) is 4.57. The maximum absolute atomic E-state index is 5.25. The smallest absolute Gasteiger partial charge is 0.206 e. The summed E-state index contributed by atoms with van der Waals surface area (Å²) in [6.07, 6.45) is 1.72. The molecule has 1 aromatic carbocycles. The van der Waals surface area contributed by atoms with Gasteiger partial charge in [0.05, 0.1) is 11.7 Å². The van der Waals surface area contributed by atoms with Crippen molar-refractivity contribution >= 4 is 34.0 Å². The van der Waals surface area contributed by atoms with Gasteiger partial charge in [-0.2, -0.15) is 10.2 Å². The number of nitrogens with two attached hydrogens (primary N) is 1. The van der Waals surface area contributed by atoms with Crippen molar-refractivity contribution in [3.05, 3.63) is 35.9 Å². The normalized spacial score (nSPS) is 16.6. The number of amidine groups is 1. The van der Waals surface area contributed by atoms with Crippen LogP contribution < -0.4 is 11.3 Å². The molecule has 5 nitrogen and oxygen atoms in total. The first-order valence-electron chi connectivity index (χ1n) is 5.01. The Morgan fingerprint density at radius 1 is 1.29 bits per heavy atom. The highest BCUT2D eigenvalue weighted by molar-refractivity contribution is 8.13. The topological polar surface area (TPSA) is 75.7 Å². The second-order valence-electron chi connectivity index (χ2n) is 3.48. The largest absolute Gasteiger partial charge is 0.321 e. The Hall–Kier alpha value is -2.08. The lowest BCUT2D eigenvalue weighted by Crippen LogP contribution is -2.14. The van der Waals surface area contributed by atoms with Gasteiger partial charge in [-0.25, -0.2) is 4.98 Å². The van der Waals surface area contributed by atoms with Crippen LogP contribution in [0.1, 0.15) is 5.56 Å². The highest BCUT2D eigenvalue weighted by Gasteiger charge is 2.12. The lowest BCUT2D eigenvalue weighted by atomic mass is 10.2. The van der Waals surface area contributed by atoms with Crippen molar-refractivity contribution in [2.45, 2.75) is 5.03 Å². The van der Waals surface area contributed by atoms with Crippen molar-refractivity contribution < 1.29 is 0 Å². The van der Waals surface area contributed by atoms with Crippen LogP contribution in [0, 0.1) is 0 Å². The molecule has 2 aromatic rings. The number of hydrazone groups is 2. The third kappa shape index (κ3) is 1.83. The summed E-state index contributed by atoms with van der Waals surface area (Å²) in [6, 6.07) is 10.0. The fourth-order valence-corrected chi connectivity index (χ4v) is 2.32. The third-order valence-electron chi connectivity index (χ3n) is 2.39. The molecular weight excluding hydrogens is 234 g/mol. The number of nitrogens with one attached hydrogen (secondary N) is 1. The van der Waals surface area contributed by atoms with Crippen LogP contribution in [0.5, 0.6) is 0 Å². The maximum Gasteiger partial charge on any atom is 0.206 e. The summed E-state index contributed by atoms with van der Waals surface area (Å²) in [6.45, 7) is 0. The molecule has 3 rings (SSSR count). The number of hydrogen-bond donors (Lipinski definition) is 2. The van der Waals surface area contributed by atoms with E-state index < -0.39 is 0 Å². The van der Waals surface area contributed by atoms with Crippen molar-refractivity contribution in [2.75, 3.05) is 0 Å². The van der Waals surface area contributed by atoms with E-state index in [1.54, 1.807) is 6.21 Å². The average molecular weight is 243 g/mol. The predicted molar refractivity (Wildman–Crippen MR) is 70.0 cm³/mol. The van der Waals surface area contributed by atoms with Gasteiger partial charge in [-0.05, 0) is 23.9 Å². The van der Waals surface area contributed by atoms with Crippen molar-refractivity contribution in [1.82, 2.24) is 10.4 Å². The van der Waals surface area contributed by atoms with Crippen LogP contribution >= 0.6 is 11.8 Å². The van der Waals surface area contributed by atoms with Crippen LogP contribution in [0.25, 0.3) is 10.9 Å². The zero-order chi connectivity index (χ0) is 11.7. The third-order valence-corrected chi connectivity index (χ3v) is 3.30. The fraction of sp³-hybridized carbons (Fsp3) is 0. The molecule has 6 heteroatoms. The molecule has 0 atom stereocenters. The van der Waals surface area contributed by atoms with E-state index in [9.17, 15) is 0 Å². The van der Waals surface area contributed by atoms with Gasteiger partial charge in [0.2, 0.25) is 5.17 Å². The number of nitrogens with zero attached hydrogens (tertiary/aromatic N) is 3. The van der Waals surface area contributed by atoms with Gasteiger partial charge in [-0.1, -0.05) is 18.2 Å². The van der Waals surface area contributed by atoms with E-state index in [1.165, 1.54) is 11.8 Å². The van der Waals surface area contributed by atoms with Crippen LogP contribution in [0.15, 0.2) is 45.6 Å². The lowest BCUT2D eigenvalue weighted by molar-refractivity contribution is 1.04. The second-order valence-corrected chi connectivity index (χ2v) is 4.46. The Labute approximate surface area is 102 Å². The Bertz CT molecular complexity index is 635. The van der Waals surface area contributed by atoms with Crippen molar-refractivity contribution in [2.24, 2.45) is 16.0 Å². The van der Waals surface area contributed by atoms with Crippen LogP contribution in [0.3, 0.4) is 0 Å². The van der Waals surface area contributed by atoms with Gasteiger partial charge in [0, 0.05) is 10.9 Å². The molecule has 17 heavy (non-hydrogen) atoms. The molecule has 0 radical (unpaired) electrons. The minimum absolute atomic E-state index is 0.530. The minimum atomic E-state index is 0.530. The quantitative estimate of drug-likeness (QED) is 0.543. The Morgan fingerprint density at radius 3 is 3.06 bits per heavy atom. The summed E-state index contributed by atoms with van der Waals surface area (Å²) < 4.78 is 0. The number of benzene rings is 1. The zero-order valence-electron chi connectivity index (χ0n) is 8.79. The van der Waals surface area contributed by atoms with Gasteiger partial charge < -0.3 is 5.84 Å². The van der Waals surface area contributed by atoms with Gasteiger partial charge in [0.15, 0.2) is 0 Å². The highest BCUT2D eigenvalue weighted by atomic mass is 32.2. The maximum atomic E-state index is 5.25. The predicted octanol–water partition coefficient (Wildman–Crippen LogP) is 1.49. The van der Waals surface area contributed by atoms with Crippen molar-refractivity contribution in [3.63, 3.8) is 0 Å². The molecule has 0 saturated carbocycles. The monoisotopic (exact) mass is 243 g/mol. The van der Waals surface area contributed by atoms with E-state index >= 15 is 0 Å². The first-order chi connectivity index (χ1) is 8.36. The summed E-state index contributed by atoms with van der Waals surface area (Å²) in [5.41, 5.74) is 4.66. The van der Waals surface area contributed by atoms with Gasteiger partial charge in [0.1, 0.15) is 5.03 Å². The van der Waals surface area contributed by atoms with E-state index in [0.717, 1.165) is 21.5 Å². The number of hydrogen-bond acceptors (Lipinski definition) is 5. The van der Waals surface area contributed by atoms with Gasteiger partial charge in [0.25, 0.3) is 0 Å². The highest BCUT2D eigenvalue weighted by Crippen LogP contribution is 2.25. The van der Waals surface area contributed by atoms with Crippen LogP contribution in [0.2, 0.25) is 0 Å². The second kappa shape index (κ2) is 4.06. The molecule has 0 unspecified atom stereocenters. The molecule has 0 amide bonds. The molecule has 0 aliphatic carbocycles. The number of aromatic nitrogens is 1. The van der Waals surface area contributed by atoms with E-state index in [0.29, 0.717) is 5.17 Å². The molecule has 1 aromatic heterocycles. The molecule has 2 heterocycles. The van der Waals surface area contributed by atoms with E-state index in [2.05, 4.69) is 26.7 Å². The molecule has 3 N–H and O–H groups in total. The number of fused-ring (bicyclic) bond motifs is 2. The number of thioether (sulfide) groups is 1. The fourth-order valence-electron chi connectivity index (χ4n) is 1.62. The lowest BCUT2D eigenvalue weighted by Gasteiger charge is -2.04. The SMILES string of the molecule is N/N=C1\NN=Cc2cc3ccccc3nc2S1. The average Bonchev–Trinajstić information content (AvgIpc) is 2.57. The first kappa shape index (κ1) is 10.1. The summed E-state index contributed by atoms with van der Waals surface area (Å²) in [5.74, 6) is 5.25. The summed E-state index contributed by atoms with van der Waals surface area (Å²) in [5, 5.41) is 10.1. The van der Waals surface area contributed by atoms with E-state index in [4.69, 9.17) is 5.84 Å². The number of para-hydroxylation sites is 1. The van der Waals surface area contributed by atoms with E-state index in [-0.39, 0.29) is 0 Å². The summed E-state index contributed by atoms with van der Waals surface area (Å²) >= 11 is 1.37. The first-order valence-corrected chi connectivity index (χ1v) is 5.83. The number of rotatable bonds is 0. The van der Waals surface area contributed by atoms with Crippen LogP contribution in [-0.2, 0) is 0 Å².